The molecular weight excluding hydrogens is 541 g/mol. The molecular formula is C26H16Cl2F6N2O. The number of anilines is 2. The third-order valence-corrected chi connectivity index (χ3v) is 6.00. The second-order valence-electron chi connectivity index (χ2n) is 7.94. The van der Waals surface area contributed by atoms with Gasteiger partial charge in [0.2, 0.25) is 0 Å². The summed E-state index contributed by atoms with van der Waals surface area (Å²) in [5.41, 5.74) is 10.1. The van der Waals surface area contributed by atoms with E-state index in [1.54, 1.807) is 0 Å². The molecule has 4 aromatic carbocycles. The summed E-state index contributed by atoms with van der Waals surface area (Å²) in [6.45, 7) is 0. The number of rotatable bonds is 4. The van der Waals surface area contributed by atoms with Crippen molar-refractivity contribution >= 4 is 34.6 Å². The minimum absolute atomic E-state index is 0.0981. The van der Waals surface area contributed by atoms with Crippen molar-refractivity contribution in [3.63, 3.8) is 0 Å². The zero-order valence-electron chi connectivity index (χ0n) is 18.5. The Balaban J connectivity index is 1.73. The van der Waals surface area contributed by atoms with Gasteiger partial charge < -0.3 is 16.2 Å². The largest absolute Gasteiger partial charge is 0.450 e. The van der Waals surface area contributed by atoms with Gasteiger partial charge in [-0.05, 0) is 58.7 Å². The lowest BCUT2D eigenvalue weighted by Crippen LogP contribution is -2.07. The highest BCUT2D eigenvalue weighted by Crippen LogP contribution is 2.46. The van der Waals surface area contributed by atoms with E-state index in [1.807, 2.05) is 0 Å². The molecule has 0 saturated heterocycles. The summed E-state index contributed by atoms with van der Waals surface area (Å²) in [6.07, 6.45) is -9.22. The summed E-state index contributed by atoms with van der Waals surface area (Å²) >= 11 is 12.6. The lowest BCUT2D eigenvalue weighted by atomic mass is 9.98. The Morgan fingerprint density at radius 1 is 0.568 bits per heavy atom. The summed E-state index contributed by atoms with van der Waals surface area (Å²) in [6, 6.07) is 14.8. The molecule has 0 heterocycles. The third kappa shape index (κ3) is 5.42. The van der Waals surface area contributed by atoms with Crippen molar-refractivity contribution in [2.24, 2.45) is 0 Å². The molecule has 4 N–H and O–H groups in total. The second-order valence-corrected chi connectivity index (χ2v) is 8.76. The first kappa shape index (κ1) is 26.5. The third-order valence-electron chi connectivity index (χ3n) is 5.44. The molecule has 11 heteroatoms. The maximum absolute atomic E-state index is 13.5. The maximum Gasteiger partial charge on any atom is 0.417 e. The van der Waals surface area contributed by atoms with Crippen LogP contribution in [0.4, 0.5) is 37.7 Å². The molecule has 0 atom stereocenters. The number of alkyl halides is 6. The number of nitrogens with two attached hydrogens (primary N) is 2. The van der Waals surface area contributed by atoms with Gasteiger partial charge in [0.05, 0.1) is 32.5 Å². The average Bonchev–Trinajstić information content (AvgIpc) is 2.81. The number of hydrogen-bond acceptors (Lipinski definition) is 3. The fourth-order valence-electron chi connectivity index (χ4n) is 3.82. The van der Waals surface area contributed by atoms with Gasteiger partial charge in [-0.25, -0.2) is 0 Å². The van der Waals surface area contributed by atoms with E-state index in [4.69, 9.17) is 39.4 Å². The van der Waals surface area contributed by atoms with Gasteiger partial charge in [-0.3, -0.25) is 0 Å². The number of halogens is 8. The smallest absolute Gasteiger partial charge is 0.417 e. The molecule has 0 aliphatic heterocycles. The van der Waals surface area contributed by atoms with Crippen molar-refractivity contribution in [1.82, 2.24) is 0 Å². The Kier molecular flexibility index (Phi) is 6.96. The van der Waals surface area contributed by atoms with E-state index < -0.39 is 23.5 Å². The quantitative estimate of drug-likeness (QED) is 0.194. The molecule has 192 valence electrons. The van der Waals surface area contributed by atoms with Crippen LogP contribution in [-0.4, -0.2) is 0 Å². The fourth-order valence-corrected chi connectivity index (χ4v) is 4.35. The first-order valence-corrected chi connectivity index (χ1v) is 11.2. The van der Waals surface area contributed by atoms with E-state index in [0.29, 0.717) is 0 Å². The van der Waals surface area contributed by atoms with Gasteiger partial charge in [0.25, 0.3) is 0 Å². The predicted octanol–water partition coefficient (Wildman–Crippen LogP) is 9.32. The minimum atomic E-state index is -4.61. The summed E-state index contributed by atoms with van der Waals surface area (Å²) in [5.74, 6) is -0.265. The standard InChI is InChI=1S/C26H16Cl2F6N2O/c27-19-9-13(15-5-1-3-7-17(15)25(29,30)31)11-21(35)23(19)37-24-20(28)10-14(12-22(24)36)16-6-2-4-8-18(16)26(32,33)34/h1-12H,35-36H2. The molecule has 3 nitrogen and oxygen atoms in total. The minimum Gasteiger partial charge on any atom is -0.450 e. The van der Waals surface area contributed by atoms with Gasteiger partial charge in [-0.15, -0.1) is 0 Å². The molecule has 0 aliphatic carbocycles. The average molecular weight is 557 g/mol. The van der Waals surface area contributed by atoms with E-state index >= 15 is 0 Å². The van der Waals surface area contributed by atoms with Crippen LogP contribution in [-0.2, 0) is 12.4 Å². The van der Waals surface area contributed by atoms with E-state index in [9.17, 15) is 26.3 Å². The highest BCUT2D eigenvalue weighted by Gasteiger charge is 2.34. The van der Waals surface area contributed by atoms with Gasteiger partial charge in [-0.1, -0.05) is 59.6 Å². The molecule has 0 amide bonds. The Hall–Kier alpha value is -3.56. The number of hydrogen-bond donors (Lipinski definition) is 2. The van der Waals surface area contributed by atoms with Gasteiger partial charge in [0, 0.05) is 0 Å². The molecule has 4 rings (SSSR count). The summed E-state index contributed by atoms with van der Waals surface area (Å²) in [5, 5.41) is -0.261. The highest BCUT2D eigenvalue weighted by molar-refractivity contribution is 6.34. The molecule has 37 heavy (non-hydrogen) atoms. The van der Waals surface area contributed by atoms with Crippen molar-refractivity contribution in [1.29, 1.82) is 0 Å². The Labute approximate surface area is 217 Å². The van der Waals surface area contributed by atoms with Crippen molar-refractivity contribution < 1.29 is 31.1 Å². The van der Waals surface area contributed by atoms with Crippen LogP contribution >= 0.6 is 23.2 Å². The fraction of sp³-hybridized carbons (Fsp3) is 0.0769. The summed E-state index contributed by atoms with van der Waals surface area (Å²) in [7, 11) is 0. The molecule has 0 unspecified atom stereocenters. The van der Waals surface area contributed by atoms with E-state index in [-0.39, 0.29) is 55.2 Å². The van der Waals surface area contributed by atoms with Crippen molar-refractivity contribution in [2.45, 2.75) is 12.4 Å². The van der Waals surface area contributed by atoms with Gasteiger partial charge in [0.1, 0.15) is 0 Å². The molecule has 4 aromatic rings. The Morgan fingerprint density at radius 3 is 1.24 bits per heavy atom. The van der Waals surface area contributed by atoms with Gasteiger partial charge >= 0.3 is 12.4 Å². The van der Waals surface area contributed by atoms with Crippen LogP contribution in [0, 0.1) is 0 Å². The normalized spacial score (nSPS) is 12.0. The van der Waals surface area contributed by atoms with Crippen molar-refractivity contribution in [2.75, 3.05) is 11.5 Å². The molecule has 0 aromatic heterocycles. The van der Waals surface area contributed by atoms with Crippen LogP contribution in [0.1, 0.15) is 11.1 Å². The zero-order valence-corrected chi connectivity index (χ0v) is 20.0. The molecule has 0 aliphatic rings. The van der Waals surface area contributed by atoms with E-state index in [2.05, 4.69) is 0 Å². The molecule has 0 fully saturated rings. The predicted molar refractivity (Wildman–Crippen MR) is 133 cm³/mol. The van der Waals surface area contributed by atoms with Crippen LogP contribution in [0.3, 0.4) is 0 Å². The van der Waals surface area contributed by atoms with E-state index in [1.165, 1.54) is 60.7 Å². The number of nitrogen functional groups attached to an aromatic ring is 2. The van der Waals surface area contributed by atoms with Crippen LogP contribution in [0.5, 0.6) is 11.5 Å². The Bertz CT molecular complexity index is 1330. The van der Waals surface area contributed by atoms with Crippen LogP contribution in [0.25, 0.3) is 22.3 Å². The molecule has 0 bridgehead atoms. The SMILES string of the molecule is Nc1cc(-c2ccccc2C(F)(F)F)cc(Cl)c1Oc1c(N)cc(-c2ccccc2C(F)(F)F)cc1Cl. The molecule has 0 saturated carbocycles. The topological polar surface area (TPSA) is 61.3 Å². The molecule has 0 radical (unpaired) electrons. The lowest BCUT2D eigenvalue weighted by Gasteiger charge is -2.18. The summed E-state index contributed by atoms with van der Waals surface area (Å²) < 4.78 is 86.5. The maximum atomic E-state index is 13.5. The number of benzene rings is 4. The first-order chi connectivity index (χ1) is 17.3. The van der Waals surface area contributed by atoms with Crippen LogP contribution in [0.2, 0.25) is 10.0 Å². The zero-order chi connectivity index (χ0) is 27.1. The highest BCUT2D eigenvalue weighted by atomic mass is 35.5. The number of ether oxygens (including phenoxy) is 1. The van der Waals surface area contributed by atoms with E-state index in [0.717, 1.165) is 12.1 Å². The molecule has 0 spiro atoms. The van der Waals surface area contributed by atoms with Crippen LogP contribution < -0.4 is 16.2 Å². The van der Waals surface area contributed by atoms with Gasteiger partial charge in [0.15, 0.2) is 11.5 Å². The van der Waals surface area contributed by atoms with Crippen LogP contribution in [0.15, 0.2) is 72.8 Å². The lowest BCUT2D eigenvalue weighted by molar-refractivity contribution is -0.137. The summed E-state index contributed by atoms with van der Waals surface area (Å²) in [4.78, 5) is 0. The monoisotopic (exact) mass is 556 g/mol. The van der Waals surface area contributed by atoms with Crippen molar-refractivity contribution in [3.8, 4) is 33.8 Å². The Morgan fingerprint density at radius 2 is 0.919 bits per heavy atom. The van der Waals surface area contributed by atoms with Crippen molar-refractivity contribution in [3.05, 3.63) is 94.0 Å². The first-order valence-electron chi connectivity index (χ1n) is 10.5. The van der Waals surface area contributed by atoms with Gasteiger partial charge in [-0.2, -0.15) is 26.3 Å². The second kappa shape index (κ2) is 9.72.